The van der Waals surface area contributed by atoms with Crippen molar-refractivity contribution >= 4 is 0 Å². The SMILES string of the molecule is c1cnnc(CNCc2ccncc2)c1. The van der Waals surface area contributed by atoms with Gasteiger partial charge in [-0.25, -0.2) is 0 Å². The monoisotopic (exact) mass is 200 g/mol. The Kier molecular flexibility index (Phi) is 3.35. The predicted octanol–water partition coefficient (Wildman–Crippen LogP) is 1.16. The quantitative estimate of drug-likeness (QED) is 0.804. The first kappa shape index (κ1) is 9.73. The fourth-order valence-corrected chi connectivity index (χ4v) is 1.26. The highest BCUT2D eigenvalue weighted by atomic mass is 15.1. The van der Waals surface area contributed by atoms with Gasteiger partial charge in [-0.05, 0) is 29.8 Å². The lowest BCUT2D eigenvalue weighted by Crippen LogP contribution is -2.13. The van der Waals surface area contributed by atoms with Crippen LogP contribution in [0.15, 0.2) is 42.9 Å². The van der Waals surface area contributed by atoms with Gasteiger partial charge in [-0.3, -0.25) is 4.98 Å². The van der Waals surface area contributed by atoms with Crippen LogP contribution in [0.25, 0.3) is 0 Å². The number of nitrogens with one attached hydrogen (secondary N) is 1. The van der Waals surface area contributed by atoms with Crippen molar-refractivity contribution in [2.75, 3.05) is 0 Å². The van der Waals surface area contributed by atoms with E-state index in [-0.39, 0.29) is 0 Å². The summed E-state index contributed by atoms with van der Waals surface area (Å²) < 4.78 is 0. The van der Waals surface area contributed by atoms with E-state index in [0.29, 0.717) is 0 Å². The van der Waals surface area contributed by atoms with E-state index in [4.69, 9.17) is 0 Å². The predicted molar refractivity (Wildman–Crippen MR) is 56.8 cm³/mol. The fraction of sp³-hybridized carbons (Fsp3) is 0.182. The number of hydrogen-bond acceptors (Lipinski definition) is 4. The van der Waals surface area contributed by atoms with Gasteiger partial charge in [0.25, 0.3) is 0 Å². The van der Waals surface area contributed by atoms with Crippen LogP contribution >= 0.6 is 0 Å². The molecule has 0 amide bonds. The molecule has 0 saturated heterocycles. The van der Waals surface area contributed by atoms with Crippen LogP contribution in [-0.2, 0) is 13.1 Å². The molecule has 0 aliphatic carbocycles. The minimum absolute atomic E-state index is 0.732. The molecule has 0 spiro atoms. The largest absolute Gasteiger partial charge is 0.307 e. The van der Waals surface area contributed by atoms with E-state index in [9.17, 15) is 0 Å². The number of rotatable bonds is 4. The highest BCUT2D eigenvalue weighted by Crippen LogP contribution is 1.96. The summed E-state index contributed by atoms with van der Waals surface area (Å²) in [5.74, 6) is 0. The fourth-order valence-electron chi connectivity index (χ4n) is 1.26. The molecule has 1 N–H and O–H groups in total. The summed E-state index contributed by atoms with van der Waals surface area (Å²) in [6.45, 7) is 1.55. The number of hydrogen-bond donors (Lipinski definition) is 1. The maximum absolute atomic E-state index is 3.99. The summed E-state index contributed by atoms with van der Waals surface area (Å²) >= 11 is 0. The van der Waals surface area contributed by atoms with Gasteiger partial charge in [0.05, 0.1) is 5.69 Å². The van der Waals surface area contributed by atoms with E-state index in [1.54, 1.807) is 18.6 Å². The minimum atomic E-state index is 0.732. The summed E-state index contributed by atoms with van der Waals surface area (Å²) in [5.41, 5.74) is 2.17. The Morgan fingerprint density at radius 3 is 2.60 bits per heavy atom. The molecular weight excluding hydrogens is 188 g/mol. The second-order valence-corrected chi connectivity index (χ2v) is 3.17. The molecule has 0 aliphatic rings. The Balaban J connectivity index is 1.81. The van der Waals surface area contributed by atoms with Crippen LogP contribution in [0.5, 0.6) is 0 Å². The molecule has 4 nitrogen and oxygen atoms in total. The molecule has 0 saturated carbocycles. The van der Waals surface area contributed by atoms with Crippen molar-refractivity contribution in [3.63, 3.8) is 0 Å². The number of pyridine rings is 1. The van der Waals surface area contributed by atoms with Crippen LogP contribution in [0.3, 0.4) is 0 Å². The van der Waals surface area contributed by atoms with E-state index in [2.05, 4.69) is 20.5 Å². The molecular formula is C11H12N4. The second-order valence-electron chi connectivity index (χ2n) is 3.17. The molecule has 2 aromatic rings. The zero-order valence-electron chi connectivity index (χ0n) is 8.30. The third-order valence-electron chi connectivity index (χ3n) is 2.01. The molecule has 0 fully saturated rings. The molecule has 4 heteroatoms. The minimum Gasteiger partial charge on any atom is -0.307 e. The lowest BCUT2D eigenvalue weighted by molar-refractivity contribution is 0.669. The third-order valence-corrected chi connectivity index (χ3v) is 2.01. The summed E-state index contributed by atoms with van der Waals surface area (Å²) in [6.07, 6.45) is 5.25. The maximum Gasteiger partial charge on any atom is 0.0769 e. The van der Waals surface area contributed by atoms with Crippen molar-refractivity contribution in [1.29, 1.82) is 0 Å². The molecule has 0 aliphatic heterocycles. The van der Waals surface area contributed by atoms with E-state index in [1.807, 2.05) is 24.3 Å². The zero-order valence-corrected chi connectivity index (χ0v) is 8.30. The van der Waals surface area contributed by atoms with Crippen LogP contribution in [0, 0.1) is 0 Å². The van der Waals surface area contributed by atoms with E-state index in [1.165, 1.54) is 5.56 Å². The Morgan fingerprint density at radius 1 is 1.00 bits per heavy atom. The van der Waals surface area contributed by atoms with Gasteiger partial charge in [-0.15, -0.1) is 0 Å². The van der Waals surface area contributed by atoms with Gasteiger partial charge in [-0.1, -0.05) is 0 Å². The van der Waals surface area contributed by atoms with Gasteiger partial charge >= 0.3 is 0 Å². The van der Waals surface area contributed by atoms with Crippen LogP contribution in [-0.4, -0.2) is 15.2 Å². The Labute approximate surface area is 88.4 Å². The summed E-state index contributed by atoms with van der Waals surface area (Å²) in [4.78, 5) is 3.96. The highest BCUT2D eigenvalue weighted by Gasteiger charge is 1.94. The smallest absolute Gasteiger partial charge is 0.0769 e. The summed E-state index contributed by atoms with van der Waals surface area (Å²) in [5, 5.41) is 11.1. The maximum atomic E-state index is 3.99. The normalized spacial score (nSPS) is 10.1. The molecule has 2 rings (SSSR count). The van der Waals surface area contributed by atoms with Gasteiger partial charge in [0.15, 0.2) is 0 Å². The van der Waals surface area contributed by atoms with E-state index in [0.717, 1.165) is 18.8 Å². The molecule has 76 valence electrons. The first-order chi connectivity index (χ1) is 7.45. The zero-order chi connectivity index (χ0) is 10.3. The van der Waals surface area contributed by atoms with Gasteiger partial charge in [0, 0.05) is 31.7 Å². The molecule has 0 aromatic carbocycles. The second kappa shape index (κ2) is 5.17. The van der Waals surface area contributed by atoms with Crippen LogP contribution in [0.1, 0.15) is 11.3 Å². The Morgan fingerprint density at radius 2 is 1.87 bits per heavy atom. The van der Waals surface area contributed by atoms with Crippen molar-refractivity contribution < 1.29 is 0 Å². The standard InChI is InChI=1S/C11H12N4/c1-2-11(15-14-5-1)9-13-8-10-3-6-12-7-4-10/h1-7,13H,8-9H2. The van der Waals surface area contributed by atoms with Crippen molar-refractivity contribution in [2.24, 2.45) is 0 Å². The Bertz CT molecular complexity index is 348. The van der Waals surface area contributed by atoms with Gasteiger partial charge in [0.1, 0.15) is 0 Å². The third kappa shape index (κ3) is 3.11. The Hall–Kier alpha value is -1.81. The molecule has 2 heterocycles. The van der Waals surface area contributed by atoms with Gasteiger partial charge < -0.3 is 5.32 Å². The van der Waals surface area contributed by atoms with E-state index >= 15 is 0 Å². The molecule has 0 radical (unpaired) electrons. The van der Waals surface area contributed by atoms with Gasteiger partial charge in [0.2, 0.25) is 0 Å². The number of nitrogens with zero attached hydrogens (tertiary/aromatic N) is 3. The average Bonchev–Trinajstić information content (AvgIpc) is 2.32. The molecule has 2 aromatic heterocycles. The summed E-state index contributed by atoms with van der Waals surface area (Å²) in [7, 11) is 0. The lowest BCUT2D eigenvalue weighted by Gasteiger charge is -2.02. The molecule has 0 unspecified atom stereocenters. The van der Waals surface area contributed by atoms with Crippen molar-refractivity contribution in [1.82, 2.24) is 20.5 Å². The highest BCUT2D eigenvalue weighted by molar-refractivity contribution is 5.09. The van der Waals surface area contributed by atoms with Gasteiger partial charge in [-0.2, -0.15) is 10.2 Å². The van der Waals surface area contributed by atoms with Crippen molar-refractivity contribution in [2.45, 2.75) is 13.1 Å². The van der Waals surface area contributed by atoms with E-state index < -0.39 is 0 Å². The van der Waals surface area contributed by atoms with Crippen LogP contribution in [0.4, 0.5) is 0 Å². The topological polar surface area (TPSA) is 50.7 Å². The number of aromatic nitrogens is 3. The lowest BCUT2D eigenvalue weighted by atomic mass is 10.2. The molecule has 0 bridgehead atoms. The molecule has 0 atom stereocenters. The average molecular weight is 200 g/mol. The van der Waals surface area contributed by atoms with Crippen molar-refractivity contribution in [3.05, 3.63) is 54.1 Å². The van der Waals surface area contributed by atoms with Crippen LogP contribution < -0.4 is 5.32 Å². The first-order valence-electron chi connectivity index (χ1n) is 4.81. The van der Waals surface area contributed by atoms with Crippen LogP contribution in [0.2, 0.25) is 0 Å². The van der Waals surface area contributed by atoms with Crippen molar-refractivity contribution in [3.8, 4) is 0 Å². The molecule has 15 heavy (non-hydrogen) atoms. The summed E-state index contributed by atoms with van der Waals surface area (Å²) in [6, 6.07) is 7.82. The first-order valence-corrected chi connectivity index (χ1v) is 4.81.